The van der Waals surface area contributed by atoms with E-state index in [1.807, 2.05) is 41.1 Å². The Kier molecular flexibility index (Phi) is 12.8. The van der Waals surface area contributed by atoms with Crippen molar-refractivity contribution in [2.45, 2.75) is 0 Å². The molecule has 0 aliphatic heterocycles. The van der Waals surface area contributed by atoms with Crippen molar-refractivity contribution in [1.29, 1.82) is 0 Å². The summed E-state index contributed by atoms with van der Waals surface area (Å²) >= 11 is 3.82. The lowest BCUT2D eigenvalue weighted by atomic mass is 10.2. The zero-order chi connectivity index (χ0) is 23.1. The third kappa shape index (κ3) is 12.3. The Balaban J connectivity index is 0.000000404. The summed E-state index contributed by atoms with van der Waals surface area (Å²) in [6.07, 6.45) is 4.01. The maximum atomic E-state index is 12.6. The SMILES string of the molecule is CS(=O)(=O)O.CSOOO.O=C(C(=NNc1ccccn1)c1cccs1)c1cccs1. The Morgan fingerprint density at radius 3 is 2.16 bits per heavy atom. The second-order valence-corrected chi connectivity index (χ2v) is 8.94. The molecule has 0 bridgehead atoms. The van der Waals surface area contributed by atoms with Crippen molar-refractivity contribution in [2.24, 2.45) is 5.10 Å². The minimum absolute atomic E-state index is 0.0871. The van der Waals surface area contributed by atoms with Gasteiger partial charge in [0.25, 0.3) is 10.1 Å². The smallest absolute Gasteiger partial charge is 0.261 e. The molecule has 10 nitrogen and oxygen atoms in total. The van der Waals surface area contributed by atoms with Gasteiger partial charge in [-0.1, -0.05) is 23.2 Å². The number of hydrogen-bond acceptors (Lipinski definition) is 12. The number of aromatic nitrogens is 1. The molecule has 31 heavy (non-hydrogen) atoms. The molecule has 3 heterocycles. The summed E-state index contributed by atoms with van der Waals surface area (Å²) in [6.45, 7) is 0. The van der Waals surface area contributed by atoms with Gasteiger partial charge in [-0.25, -0.2) is 10.2 Å². The van der Waals surface area contributed by atoms with Gasteiger partial charge in [-0.3, -0.25) is 14.8 Å². The van der Waals surface area contributed by atoms with Crippen molar-refractivity contribution in [1.82, 2.24) is 4.98 Å². The van der Waals surface area contributed by atoms with Crippen molar-refractivity contribution in [3.8, 4) is 0 Å². The van der Waals surface area contributed by atoms with Gasteiger partial charge in [-0.05, 0) is 35.0 Å². The van der Waals surface area contributed by atoms with E-state index in [4.69, 9.17) is 9.81 Å². The Morgan fingerprint density at radius 2 is 1.74 bits per heavy atom. The topological polar surface area (TPSA) is 147 Å². The first kappa shape index (κ1) is 26.9. The van der Waals surface area contributed by atoms with Gasteiger partial charge in [0.1, 0.15) is 11.5 Å². The van der Waals surface area contributed by atoms with Gasteiger partial charge in [0.15, 0.2) is 0 Å². The standard InChI is InChI=1S/C15H11N3OS2.2CH4O3S/c19-15(12-6-4-10-21-12)14(11-5-3-9-20-11)18-17-13-7-1-2-8-16-13;1-5(2,3)4;1-5-4-3-2/h1-10H,(H,16,17);1H3,(H,2,3,4);2H,1H3. The maximum Gasteiger partial charge on any atom is 0.261 e. The van der Waals surface area contributed by atoms with E-state index in [2.05, 4.69) is 24.9 Å². The average molecular weight is 506 g/mol. The van der Waals surface area contributed by atoms with Crippen LogP contribution in [0.4, 0.5) is 5.82 Å². The molecule has 0 saturated heterocycles. The number of rotatable bonds is 7. The van der Waals surface area contributed by atoms with Crippen LogP contribution >= 0.6 is 34.7 Å². The lowest BCUT2D eigenvalue weighted by Crippen LogP contribution is -2.15. The molecule has 0 radical (unpaired) electrons. The second kappa shape index (κ2) is 14.8. The zero-order valence-corrected chi connectivity index (χ0v) is 19.5. The minimum atomic E-state index is -3.67. The van der Waals surface area contributed by atoms with Gasteiger partial charge in [0, 0.05) is 24.5 Å². The number of hydrogen-bond donors (Lipinski definition) is 3. The van der Waals surface area contributed by atoms with Crippen LogP contribution in [0.15, 0.2) is 64.5 Å². The fourth-order valence-corrected chi connectivity index (χ4v) is 3.16. The average Bonchev–Trinajstić information content (AvgIpc) is 3.43. The van der Waals surface area contributed by atoms with E-state index in [-0.39, 0.29) is 5.78 Å². The fraction of sp³-hybridized carbons (Fsp3) is 0.118. The third-order valence-corrected chi connectivity index (χ3v) is 4.70. The summed E-state index contributed by atoms with van der Waals surface area (Å²) < 4.78 is 29.7. The van der Waals surface area contributed by atoms with Crippen LogP contribution in [0.2, 0.25) is 0 Å². The monoisotopic (exact) mass is 505 g/mol. The van der Waals surface area contributed by atoms with Crippen LogP contribution in [0.1, 0.15) is 14.5 Å². The molecule has 168 valence electrons. The van der Waals surface area contributed by atoms with Crippen LogP contribution in [0.5, 0.6) is 0 Å². The molecule has 3 N–H and O–H groups in total. The highest BCUT2D eigenvalue weighted by Gasteiger charge is 2.18. The van der Waals surface area contributed by atoms with Crippen molar-refractivity contribution < 1.29 is 32.4 Å². The zero-order valence-electron chi connectivity index (χ0n) is 16.2. The summed E-state index contributed by atoms with van der Waals surface area (Å²) in [4.78, 5) is 18.2. The Labute approximate surface area is 191 Å². The number of anilines is 1. The van der Waals surface area contributed by atoms with E-state index in [0.717, 1.165) is 16.9 Å². The minimum Gasteiger partial charge on any atom is -0.286 e. The third-order valence-electron chi connectivity index (χ3n) is 2.76. The highest BCUT2D eigenvalue weighted by atomic mass is 32.2. The maximum absolute atomic E-state index is 12.6. The fourth-order valence-electron chi connectivity index (χ4n) is 1.73. The van der Waals surface area contributed by atoms with Crippen molar-refractivity contribution >= 4 is 62.1 Å². The summed E-state index contributed by atoms with van der Waals surface area (Å²) in [5.74, 6) is 0.515. The second-order valence-electron chi connectivity index (χ2n) is 5.11. The molecule has 0 amide bonds. The molecular formula is C17H19N3O7S4. The van der Waals surface area contributed by atoms with Crippen molar-refractivity contribution in [2.75, 3.05) is 17.9 Å². The molecule has 0 aliphatic rings. The Morgan fingerprint density at radius 1 is 1.13 bits per heavy atom. The van der Waals surface area contributed by atoms with Gasteiger partial charge >= 0.3 is 0 Å². The number of carbonyl (C=O) groups excluding carboxylic acids is 1. The molecule has 0 aliphatic carbocycles. The lowest BCUT2D eigenvalue weighted by Gasteiger charge is -2.03. The van der Waals surface area contributed by atoms with Crippen LogP contribution in [-0.2, 0) is 19.5 Å². The number of pyridine rings is 1. The number of thiophene rings is 2. The van der Waals surface area contributed by atoms with Crippen molar-refractivity contribution in [3.05, 3.63) is 69.2 Å². The number of Topliss-reactive ketones (excluding diaryl/α,β-unsaturated/α-hetero) is 1. The summed E-state index contributed by atoms with van der Waals surface area (Å²) in [5.41, 5.74) is 3.24. The molecule has 3 aromatic heterocycles. The Bertz CT molecular complexity index is 999. The number of carbonyl (C=O) groups is 1. The van der Waals surface area contributed by atoms with E-state index in [1.165, 1.54) is 22.7 Å². The Hall–Kier alpha value is -2.17. The molecule has 3 rings (SSSR count). The van der Waals surface area contributed by atoms with Crippen LogP contribution in [0.3, 0.4) is 0 Å². The molecule has 0 saturated carbocycles. The number of ketones is 1. The van der Waals surface area contributed by atoms with Crippen LogP contribution in [-0.4, -0.2) is 47.2 Å². The van der Waals surface area contributed by atoms with E-state index in [0.29, 0.717) is 22.7 Å². The van der Waals surface area contributed by atoms with Crippen molar-refractivity contribution in [3.63, 3.8) is 0 Å². The predicted molar refractivity (Wildman–Crippen MR) is 123 cm³/mol. The summed E-state index contributed by atoms with van der Waals surface area (Å²) in [5, 5.41) is 18.5. The quantitative estimate of drug-likeness (QED) is 0.107. The highest BCUT2D eigenvalue weighted by molar-refractivity contribution is 7.93. The molecule has 0 unspecified atom stereocenters. The molecule has 0 spiro atoms. The largest absolute Gasteiger partial charge is 0.286 e. The van der Waals surface area contributed by atoms with E-state index in [9.17, 15) is 13.2 Å². The molecule has 3 aromatic rings. The van der Waals surface area contributed by atoms with Crippen LogP contribution < -0.4 is 5.43 Å². The van der Waals surface area contributed by atoms with Gasteiger partial charge in [0.2, 0.25) is 5.78 Å². The predicted octanol–water partition coefficient (Wildman–Crippen LogP) is 4.09. The first-order valence-corrected chi connectivity index (χ1v) is 12.8. The van der Waals surface area contributed by atoms with E-state index < -0.39 is 10.1 Å². The van der Waals surface area contributed by atoms with E-state index >= 15 is 0 Å². The summed E-state index contributed by atoms with van der Waals surface area (Å²) in [7, 11) is -3.67. The van der Waals surface area contributed by atoms with Crippen LogP contribution in [0, 0.1) is 0 Å². The normalized spacial score (nSPS) is 10.9. The van der Waals surface area contributed by atoms with Gasteiger partial charge < -0.3 is 0 Å². The van der Waals surface area contributed by atoms with E-state index in [1.54, 1.807) is 24.6 Å². The first-order valence-electron chi connectivity index (χ1n) is 8.06. The molecule has 14 heteroatoms. The van der Waals surface area contributed by atoms with Gasteiger partial charge in [-0.2, -0.15) is 13.5 Å². The highest BCUT2D eigenvalue weighted by Crippen LogP contribution is 2.17. The molecule has 0 atom stereocenters. The summed E-state index contributed by atoms with van der Waals surface area (Å²) in [6, 6.07) is 12.9. The molecule has 0 fully saturated rings. The number of hydrazone groups is 1. The van der Waals surface area contributed by atoms with Gasteiger partial charge in [-0.15, -0.1) is 27.0 Å². The van der Waals surface area contributed by atoms with Gasteiger partial charge in [0.05, 0.1) is 16.0 Å². The molecular weight excluding hydrogens is 486 g/mol. The number of nitrogens with one attached hydrogen (secondary N) is 1. The number of nitrogens with zero attached hydrogens (tertiary/aromatic N) is 2. The lowest BCUT2D eigenvalue weighted by molar-refractivity contribution is -0.432. The molecule has 0 aromatic carbocycles. The first-order chi connectivity index (χ1) is 14.8. The van der Waals surface area contributed by atoms with Crippen LogP contribution in [0.25, 0.3) is 0 Å².